The molecule has 2 atom stereocenters. The first-order valence-corrected chi connectivity index (χ1v) is 14.6. The molecule has 0 aliphatic carbocycles. The topological polar surface area (TPSA) is 57.2 Å². The maximum atomic E-state index is 13.6. The number of likely N-dealkylation sites (N-methyl/N-ethyl adjacent to an activating group) is 1. The van der Waals surface area contributed by atoms with Crippen LogP contribution in [0.25, 0.3) is 0 Å². The molecule has 4 rings (SSSR count). The van der Waals surface area contributed by atoms with E-state index < -0.39 is 29.5 Å². The van der Waals surface area contributed by atoms with Gasteiger partial charge in [0, 0.05) is 7.05 Å². The van der Waals surface area contributed by atoms with Crippen molar-refractivity contribution in [2.75, 3.05) is 26.9 Å². The summed E-state index contributed by atoms with van der Waals surface area (Å²) in [5, 5.41) is 0. The van der Waals surface area contributed by atoms with Gasteiger partial charge in [-0.15, -0.1) is 0 Å². The molecule has 43 heavy (non-hydrogen) atoms. The molecule has 3 aromatic carbocycles. The van der Waals surface area contributed by atoms with Crippen LogP contribution >= 0.6 is 0 Å². The Kier molecular flexibility index (Phi) is 11.2. The standard InChI is InChI=1S/C34H40F3NO5/c1-25-20-28(22-30(21-25)34(35,36)37)26(2)43-24-33(29-14-8-5-9-15-29,17-10-16-31-40-18-11-19-41-31)38(3)32(39)42-23-27-12-6-4-7-13-27/h4-9,12-15,20-22,26,31H,10-11,16-19,23-24H2,1-3H3/t26-,33-/m1/s1. The Morgan fingerprint density at radius 1 is 0.977 bits per heavy atom. The number of alkyl halides is 3. The third kappa shape index (κ3) is 8.81. The SMILES string of the molecule is Cc1cc([C@@H](C)OC[C@](CCCC2OCCCO2)(c2ccccc2)N(C)C(=O)OCc2ccccc2)cc(C(F)(F)F)c1. The average molecular weight is 600 g/mol. The van der Waals surface area contributed by atoms with Gasteiger partial charge in [0.2, 0.25) is 0 Å². The fourth-order valence-electron chi connectivity index (χ4n) is 5.33. The predicted octanol–water partition coefficient (Wildman–Crippen LogP) is 8.19. The minimum Gasteiger partial charge on any atom is -0.445 e. The van der Waals surface area contributed by atoms with E-state index in [-0.39, 0.29) is 19.5 Å². The van der Waals surface area contributed by atoms with Gasteiger partial charge >= 0.3 is 12.3 Å². The van der Waals surface area contributed by atoms with E-state index in [0.717, 1.165) is 29.7 Å². The van der Waals surface area contributed by atoms with Crippen LogP contribution in [0, 0.1) is 6.92 Å². The number of ether oxygens (including phenoxy) is 4. The Bertz CT molecular complexity index is 1300. The van der Waals surface area contributed by atoms with Crippen molar-refractivity contribution < 1.29 is 36.9 Å². The van der Waals surface area contributed by atoms with Crippen LogP contribution in [0.1, 0.15) is 66.5 Å². The van der Waals surface area contributed by atoms with Crippen molar-refractivity contribution in [2.45, 2.75) is 70.2 Å². The fourth-order valence-corrected chi connectivity index (χ4v) is 5.33. The zero-order valence-electron chi connectivity index (χ0n) is 24.9. The number of rotatable bonds is 12. The van der Waals surface area contributed by atoms with Crippen molar-refractivity contribution in [3.63, 3.8) is 0 Å². The third-order valence-electron chi connectivity index (χ3n) is 7.83. The highest BCUT2D eigenvalue weighted by Crippen LogP contribution is 2.38. The highest BCUT2D eigenvalue weighted by Gasteiger charge is 2.41. The van der Waals surface area contributed by atoms with Gasteiger partial charge in [-0.05, 0) is 68.4 Å². The molecule has 0 radical (unpaired) electrons. The molecule has 0 N–H and O–H groups in total. The molecule has 1 fully saturated rings. The number of aryl methyl sites for hydroxylation is 1. The molecule has 0 bridgehead atoms. The Hall–Kier alpha value is -3.40. The first-order chi connectivity index (χ1) is 20.6. The molecule has 6 nitrogen and oxygen atoms in total. The second-order valence-corrected chi connectivity index (χ2v) is 11.0. The lowest BCUT2D eigenvalue weighted by Gasteiger charge is -2.42. The first-order valence-electron chi connectivity index (χ1n) is 14.6. The Morgan fingerprint density at radius 3 is 2.28 bits per heavy atom. The third-order valence-corrected chi connectivity index (χ3v) is 7.83. The van der Waals surface area contributed by atoms with E-state index in [0.29, 0.717) is 43.6 Å². The van der Waals surface area contributed by atoms with Crippen molar-refractivity contribution in [1.82, 2.24) is 4.90 Å². The maximum absolute atomic E-state index is 13.6. The van der Waals surface area contributed by atoms with Crippen LogP contribution in [-0.2, 0) is 37.3 Å². The van der Waals surface area contributed by atoms with E-state index in [1.165, 1.54) is 0 Å². The molecule has 1 heterocycles. The number of benzene rings is 3. The monoisotopic (exact) mass is 599 g/mol. The normalized spacial score (nSPS) is 16.3. The van der Waals surface area contributed by atoms with Crippen molar-refractivity contribution in [1.29, 1.82) is 0 Å². The van der Waals surface area contributed by atoms with Crippen LogP contribution in [0.4, 0.5) is 18.0 Å². The van der Waals surface area contributed by atoms with E-state index >= 15 is 0 Å². The molecular formula is C34H40F3NO5. The number of carbonyl (C=O) groups excluding carboxylic acids is 1. The molecule has 0 aromatic heterocycles. The first kappa shape index (κ1) is 32.5. The van der Waals surface area contributed by atoms with Gasteiger partial charge in [-0.2, -0.15) is 13.2 Å². The summed E-state index contributed by atoms with van der Waals surface area (Å²) < 4.78 is 64.3. The van der Waals surface area contributed by atoms with E-state index in [4.69, 9.17) is 18.9 Å². The summed E-state index contributed by atoms with van der Waals surface area (Å²) in [5.41, 5.74) is 0.866. The fraction of sp³-hybridized carbons (Fsp3) is 0.441. The molecule has 1 aliphatic rings. The van der Waals surface area contributed by atoms with Gasteiger partial charge in [-0.25, -0.2) is 4.79 Å². The number of hydrogen-bond donors (Lipinski definition) is 0. The number of nitrogens with zero attached hydrogens (tertiary/aromatic N) is 1. The average Bonchev–Trinajstić information content (AvgIpc) is 3.02. The molecule has 1 amide bonds. The van der Waals surface area contributed by atoms with Gasteiger partial charge in [-0.1, -0.05) is 72.3 Å². The zero-order valence-corrected chi connectivity index (χ0v) is 24.9. The predicted molar refractivity (Wildman–Crippen MR) is 157 cm³/mol. The second kappa shape index (κ2) is 14.9. The number of halogens is 3. The highest BCUT2D eigenvalue weighted by atomic mass is 19.4. The number of carbonyl (C=O) groups is 1. The summed E-state index contributed by atoms with van der Waals surface area (Å²) in [7, 11) is 1.68. The zero-order chi connectivity index (χ0) is 30.9. The molecule has 0 unspecified atom stereocenters. The summed E-state index contributed by atoms with van der Waals surface area (Å²) in [4.78, 5) is 15.1. The van der Waals surface area contributed by atoms with Crippen molar-refractivity contribution in [3.8, 4) is 0 Å². The molecule has 232 valence electrons. The highest BCUT2D eigenvalue weighted by molar-refractivity contribution is 5.69. The van der Waals surface area contributed by atoms with Gasteiger partial charge in [0.05, 0.1) is 37.0 Å². The van der Waals surface area contributed by atoms with Crippen LogP contribution in [0.15, 0.2) is 78.9 Å². The summed E-state index contributed by atoms with van der Waals surface area (Å²) >= 11 is 0. The lowest BCUT2D eigenvalue weighted by molar-refractivity contribution is -0.182. The lowest BCUT2D eigenvalue weighted by atomic mass is 9.84. The molecule has 0 saturated carbocycles. The Balaban J connectivity index is 1.61. The van der Waals surface area contributed by atoms with Gasteiger partial charge in [0.1, 0.15) is 6.61 Å². The summed E-state index contributed by atoms with van der Waals surface area (Å²) in [6.07, 6.45) is -3.44. The van der Waals surface area contributed by atoms with Crippen molar-refractivity contribution >= 4 is 6.09 Å². The lowest BCUT2D eigenvalue weighted by Crippen LogP contribution is -2.51. The van der Waals surface area contributed by atoms with Gasteiger partial charge in [-0.3, -0.25) is 4.90 Å². The van der Waals surface area contributed by atoms with Gasteiger partial charge in [0.25, 0.3) is 0 Å². The summed E-state index contributed by atoms with van der Waals surface area (Å²) in [6, 6.07) is 22.9. The number of hydrogen-bond acceptors (Lipinski definition) is 5. The Morgan fingerprint density at radius 2 is 1.63 bits per heavy atom. The summed E-state index contributed by atoms with van der Waals surface area (Å²) in [6.45, 7) is 4.75. The van der Waals surface area contributed by atoms with E-state index in [1.54, 1.807) is 31.9 Å². The van der Waals surface area contributed by atoms with Gasteiger partial charge in [0.15, 0.2) is 6.29 Å². The molecule has 3 aromatic rings. The smallest absolute Gasteiger partial charge is 0.416 e. The summed E-state index contributed by atoms with van der Waals surface area (Å²) in [5.74, 6) is 0. The van der Waals surface area contributed by atoms with E-state index in [1.807, 2.05) is 60.7 Å². The van der Waals surface area contributed by atoms with Crippen LogP contribution in [0.5, 0.6) is 0 Å². The van der Waals surface area contributed by atoms with Crippen LogP contribution in [0.2, 0.25) is 0 Å². The maximum Gasteiger partial charge on any atom is 0.416 e. The van der Waals surface area contributed by atoms with Crippen LogP contribution < -0.4 is 0 Å². The quantitative estimate of drug-likeness (QED) is 0.210. The van der Waals surface area contributed by atoms with Crippen molar-refractivity contribution in [2.24, 2.45) is 0 Å². The molecule has 9 heteroatoms. The van der Waals surface area contributed by atoms with E-state index in [2.05, 4.69) is 0 Å². The minimum atomic E-state index is -4.47. The molecule has 0 spiro atoms. The minimum absolute atomic E-state index is 0.0246. The van der Waals surface area contributed by atoms with Crippen molar-refractivity contribution in [3.05, 3.63) is 107 Å². The van der Waals surface area contributed by atoms with E-state index in [9.17, 15) is 18.0 Å². The Labute approximate surface area is 251 Å². The molecule has 1 aliphatic heterocycles. The second-order valence-electron chi connectivity index (χ2n) is 11.0. The largest absolute Gasteiger partial charge is 0.445 e. The number of amides is 1. The molecule has 1 saturated heterocycles. The van der Waals surface area contributed by atoms with Gasteiger partial charge < -0.3 is 18.9 Å². The van der Waals surface area contributed by atoms with Crippen LogP contribution in [0.3, 0.4) is 0 Å². The van der Waals surface area contributed by atoms with Crippen LogP contribution in [-0.4, -0.2) is 44.2 Å². The molecular weight excluding hydrogens is 559 g/mol.